The normalized spacial score (nSPS) is 17.7. The van der Waals surface area contributed by atoms with E-state index in [-0.39, 0.29) is 20.6 Å². The Labute approximate surface area is 121 Å². The fourth-order valence-electron chi connectivity index (χ4n) is 1.36. The summed E-state index contributed by atoms with van der Waals surface area (Å²) in [7, 11) is -4.00. The minimum absolute atomic E-state index is 0. The van der Waals surface area contributed by atoms with Gasteiger partial charge in [0.2, 0.25) is 0 Å². The van der Waals surface area contributed by atoms with Crippen molar-refractivity contribution in [1.82, 2.24) is 0 Å². The van der Waals surface area contributed by atoms with E-state index >= 15 is 0 Å². The molecule has 108 valence electrons. The van der Waals surface area contributed by atoms with Crippen molar-refractivity contribution in [1.29, 1.82) is 0 Å². The molecule has 19 heavy (non-hydrogen) atoms. The van der Waals surface area contributed by atoms with E-state index in [0.717, 1.165) is 0 Å². The molecule has 0 aromatic heterocycles. The highest BCUT2D eigenvalue weighted by atomic mass is 35.5. The van der Waals surface area contributed by atoms with Crippen LogP contribution in [0.4, 0.5) is 0 Å². The Morgan fingerprint density at radius 3 is 2.47 bits per heavy atom. The molecular weight excluding hydrogens is 317 g/mol. The molecule has 2 N–H and O–H groups in total. The van der Waals surface area contributed by atoms with Crippen LogP contribution in [0.25, 0.3) is 0 Å². The molecule has 0 unspecified atom stereocenters. The summed E-state index contributed by atoms with van der Waals surface area (Å²) in [6.45, 7) is -0.112. The molecular formula is C10H13Cl2NO5S. The molecule has 1 atom stereocenters. The molecule has 6 nitrogen and oxygen atoms in total. The molecule has 1 aliphatic rings. The maximum atomic E-state index is 10.6. The zero-order chi connectivity index (χ0) is 13.3. The van der Waals surface area contributed by atoms with Crippen LogP contribution in [-0.2, 0) is 14.5 Å². The fraction of sp³-hybridized carbons (Fsp3) is 0.400. The zero-order valence-corrected chi connectivity index (χ0v) is 11.3. The molecule has 0 bridgehead atoms. The summed E-state index contributed by atoms with van der Waals surface area (Å²) < 4.78 is 36.5. The largest absolute Gasteiger partial charge is 0.486 e. The molecule has 0 aliphatic carbocycles. The number of nitrogens with two attached hydrogens (primary N) is 1. The number of rotatable bonds is 3. The van der Waals surface area contributed by atoms with Gasteiger partial charge in [0.1, 0.15) is 13.2 Å². The molecule has 0 fully saturated rings. The van der Waals surface area contributed by atoms with Gasteiger partial charge in [0.05, 0.1) is 10.0 Å². The molecule has 1 aromatic rings. The van der Waals surface area contributed by atoms with E-state index in [1.54, 1.807) is 0 Å². The summed E-state index contributed by atoms with van der Waals surface area (Å²) in [6, 6.07) is 3.01. The lowest BCUT2D eigenvalue weighted by Gasteiger charge is -2.26. The van der Waals surface area contributed by atoms with Gasteiger partial charge in [-0.15, -0.1) is 0 Å². The topological polar surface area (TPSA) is 87.9 Å². The first-order chi connectivity index (χ1) is 8.35. The third-order valence-corrected chi connectivity index (χ3v) is 3.31. The molecule has 2 rings (SSSR count). The van der Waals surface area contributed by atoms with E-state index in [4.69, 9.17) is 37.8 Å². The summed E-state index contributed by atoms with van der Waals surface area (Å²) in [4.78, 5) is 0. The average Bonchev–Trinajstić information content (AvgIpc) is 2.27. The van der Waals surface area contributed by atoms with Crippen LogP contribution in [0.2, 0.25) is 10.0 Å². The number of hydrogen-bond acceptors (Lipinski definition) is 5. The van der Waals surface area contributed by atoms with E-state index in [9.17, 15) is 8.42 Å². The van der Waals surface area contributed by atoms with E-state index in [1.807, 2.05) is 0 Å². The van der Waals surface area contributed by atoms with Crippen LogP contribution in [0, 0.1) is 0 Å². The van der Waals surface area contributed by atoms with Crippen LogP contribution in [0.1, 0.15) is 7.43 Å². The smallest absolute Gasteiger partial charge is 0.333 e. The van der Waals surface area contributed by atoms with Crippen molar-refractivity contribution in [3.05, 3.63) is 22.2 Å². The van der Waals surface area contributed by atoms with Gasteiger partial charge in [-0.1, -0.05) is 30.6 Å². The SMILES string of the molecule is C.NS(=O)(=O)OC[C@H]1COc2cc(Cl)c(Cl)cc2O1. The predicted molar refractivity (Wildman–Crippen MR) is 72.2 cm³/mol. The van der Waals surface area contributed by atoms with Gasteiger partial charge in [0.15, 0.2) is 17.6 Å². The summed E-state index contributed by atoms with van der Waals surface area (Å²) in [5, 5.41) is 5.36. The highest BCUT2D eigenvalue weighted by Crippen LogP contribution is 2.38. The van der Waals surface area contributed by atoms with Gasteiger partial charge in [-0.25, -0.2) is 5.14 Å². The van der Waals surface area contributed by atoms with Gasteiger partial charge in [-0.2, -0.15) is 8.42 Å². The Kier molecular flexibility index (Phi) is 5.28. The van der Waals surface area contributed by atoms with Crippen LogP contribution >= 0.6 is 23.2 Å². The second-order valence-electron chi connectivity index (χ2n) is 3.54. The van der Waals surface area contributed by atoms with Crippen molar-refractivity contribution < 1.29 is 22.1 Å². The monoisotopic (exact) mass is 329 g/mol. The maximum absolute atomic E-state index is 10.6. The first-order valence-electron chi connectivity index (χ1n) is 4.81. The molecule has 1 aliphatic heterocycles. The quantitative estimate of drug-likeness (QED) is 0.916. The van der Waals surface area contributed by atoms with Crippen LogP contribution in [0.3, 0.4) is 0 Å². The summed E-state index contributed by atoms with van der Waals surface area (Å²) >= 11 is 11.6. The van der Waals surface area contributed by atoms with Crippen molar-refractivity contribution in [2.45, 2.75) is 13.5 Å². The van der Waals surface area contributed by atoms with Gasteiger partial charge in [0, 0.05) is 12.1 Å². The Balaban J connectivity index is 0.00000180. The molecule has 1 aromatic carbocycles. The summed E-state index contributed by atoms with van der Waals surface area (Å²) in [6.07, 6.45) is -0.590. The second kappa shape index (κ2) is 6.15. The van der Waals surface area contributed by atoms with E-state index in [0.29, 0.717) is 21.5 Å². The molecule has 9 heteroatoms. The first-order valence-corrected chi connectivity index (χ1v) is 7.03. The van der Waals surface area contributed by atoms with Gasteiger partial charge in [-0.3, -0.25) is 4.18 Å². The van der Waals surface area contributed by atoms with Crippen molar-refractivity contribution in [2.75, 3.05) is 13.2 Å². The van der Waals surface area contributed by atoms with E-state index < -0.39 is 16.4 Å². The van der Waals surface area contributed by atoms with Crippen molar-refractivity contribution in [2.24, 2.45) is 5.14 Å². The molecule has 0 radical (unpaired) electrons. The Bertz CT molecular complexity index is 563. The van der Waals surface area contributed by atoms with Gasteiger partial charge in [-0.05, 0) is 0 Å². The maximum Gasteiger partial charge on any atom is 0.333 e. The van der Waals surface area contributed by atoms with Crippen LogP contribution in [-0.4, -0.2) is 27.7 Å². The molecule has 1 heterocycles. The highest BCUT2D eigenvalue weighted by Gasteiger charge is 2.24. The minimum atomic E-state index is -4.00. The van der Waals surface area contributed by atoms with Crippen molar-refractivity contribution in [3.63, 3.8) is 0 Å². The summed E-state index contributed by atoms with van der Waals surface area (Å²) in [5.74, 6) is 0.815. The van der Waals surface area contributed by atoms with E-state index in [1.165, 1.54) is 12.1 Å². The fourth-order valence-corrected chi connectivity index (χ4v) is 2.01. The zero-order valence-electron chi connectivity index (χ0n) is 8.93. The average molecular weight is 330 g/mol. The Morgan fingerprint density at radius 1 is 1.32 bits per heavy atom. The molecule has 0 spiro atoms. The number of ether oxygens (including phenoxy) is 2. The third kappa shape index (κ3) is 4.39. The summed E-state index contributed by atoms with van der Waals surface area (Å²) in [5.41, 5.74) is 0. The lowest BCUT2D eigenvalue weighted by Crippen LogP contribution is -2.35. The van der Waals surface area contributed by atoms with Gasteiger partial charge in [0.25, 0.3) is 0 Å². The molecule has 0 saturated carbocycles. The predicted octanol–water partition coefficient (Wildman–Crippen LogP) is 1.99. The standard InChI is InChI=1S/C9H9Cl2NO5S.CH4/c10-6-1-8-9(2-7(6)11)17-5(3-15-8)4-16-18(12,13)14;/h1-2,5H,3-4H2,(H2,12,13,14);1H4/t5-;/m1./s1. The number of halogens is 2. The van der Waals surface area contributed by atoms with Crippen LogP contribution < -0.4 is 14.6 Å². The lowest BCUT2D eigenvalue weighted by molar-refractivity contribution is 0.0555. The number of hydrogen-bond donors (Lipinski definition) is 1. The second-order valence-corrected chi connectivity index (χ2v) is 5.58. The van der Waals surface area contributed by atoms with Crippen LogP contribution in [0.15, 0.2) is 12.1 Å². The first kappa shape index (κ1) is 16.3. The van der Waals surface area contributed by atoms with Gasteiger partial charge >= 0.3 is 10.3 Å². The van der Waals surface area contributed by atoms with Crippen molar-refractivity contribution >= 4 is 33.5 Å². The third-order valence-electron chi connectivity index (χ3n) is 2.12. The molecule has 0 amide bonds. The van der Waals surface area contributed by atoms with Crippen LogP contribution in [0.5, 0.6) is 11.5 Å². The lowest BCUT2D eigenvalue weighted by atomic mass is 10.2. The van der Waals surface area contributed by atoms with Gasteiger partial charge < -0.3 is 9.47 Å². The Morgan fingerprint density at radius 2 is 1.89 bits per heavy atom. The highest BCUT2D eigenvalue weighted by molar-refractivity contribution is 7.84. The molecule has 0 saturated heterocycles. The Hall–Kier alpha value is -0.730. The van der Waals surface area contributed by atoms with E-state index in [2.05, 4.69) is 4.18 Å². The number of fused-ring (bicyclic) bond motifs is 1. The minimum Gasteiger partial charge on any atom is -0.486 e. The van der Waals surface area contributed by atoms with Crippen molar-refractivity contribution in [3.8, 4) is 11.5 Å². The number of benzene rings is 1.